The number of carbonyl (C=O) groups is 1. The first kappa shape index (κ1) is 17.1. The highest BCUT2D eigenvalue weighted by atomic mass is 79.9. The minimum absolute atomic E-state index is 0.196. The molecule has 1 aliphatic carbocycles. The van der Waals surface area contributed by atoms with Crippen molar-refractivity contribution < 1.29 is 24.1 Å². The third-order valence-electron chi connectivity index (χ3n) is 3.68. The zero-order valence-corrected chi connectivity index (χ0v) is 14.4. The van der Waals surface area contributed by atoms with Crippen molar-refractivity contribution in [2.75, 3.05) is 13.7 Å². The molecule has 1 fully saturated rings. The van der Waals surface area contributed by atoms with E-state index >= 15 is 0 Å². The van der Waals surface area contributed by atoms with Crippen molar-refractivity contribution in [1.82, 2.24) is 0 Å². The van der Waals surface area contributed by atoms with Crippen molar-refractivity contribution in [2.45, 2.75) is 44.8 Å². The second kappa shape index (κ2) is 7.83. The summed E-state index contributed by atoms with van der Waals surface area (Å²) in [6.07, 6.45) is 3.26. The predicted molar refractivity (Wildman–Crippen MR) is 85.2 cm³/mol. The van der Waals surface area contributed by atoms with E-state index in [0.29, 0.717) is 21.5 Å². The number of aliphatic hydroxyl groups excluding tert-OH is 1. The SMILES string of the molecule is CCOC(=O)C(O)c1cc(OC)c(OC2CCCC2)cc1Br. The van der Waals surface area contributed by atoms with E-state index in [2.05, 4.69) is 15.9 Å². The maximum Gasteiger partial charge on any atom is 0.339 e. The van der Waals surface area contributed by atoms with Crippen molar-refractivity contribution in [1.29, 1.82) is 0 Å². The maximum absolute atomic E-state index is 11.7. The van der Waals surface area contributed by atoms with E-state index in [4.69, 9.17) is 14.2 Å². The first-order valence-corrected chi connectivity index (χ1v) is 8.24. The van der Waals surface area contributed by atoms with Crippen LogP contribution in [0.5, 0.6) is 11.5 Å². The molecule has 0 bridgehead atoms. The van der Waals surface area contributed by atoms with E-state index in [1.165, 1.54) is 20.0 Å². The second-order valence-electron chi connectivity index (χ2n) is 5.20. The van der Waals surface area contributed by atoms with Crippen LogP contribution >= 0.6 is 15.9 Å². The average molecular weight is 373 g/mol. The molecule has 0 spiro atoms. The minimum atomic E-state index is -1.36. The van der Waals surface area contributed by atoms with Gasteiger partial charge in [0.15, 0.2) is 17.6 Å². The summed E-state index contributed by atoms with van der Waals surface area (Å²) >= 11 is 3.38. The molecular weight excluding hydrogens is 352 g/mol. The molecule has 1 aromatic rings. The molecule has 0 amide bonds. The Morgan fingerprint density at radius 3 is 2.64 bits per heavy atom. The summed E-state index contributed by atoms with van der Waals surface area (Å²) in [5, 5.41) is 10.1. The molecule has 2 rings (SSSR count). The van der Waals surface area contributed by atoms with Gasteiger partial charge in [0.1, 0.15) is 0 Å². The number of carbonyl (C=O) groups excluding carboxylic acids is 1. The molecule has 6 heteroatoms. The summed E-state index contributed by atoms with van der Waals surface area (Å²) in [6.45, 7) is 1.91. The standard InChI is InChI=1S/C16H21BrO5/c1-3-21-16(19)15(18)11-8-13(20-2)14(9-12(11)17)22-10-6-4-5-7-10/h8-10,15,18H,3-7H2,1-2H3. The summed E-state index contributed by atoms with van der Waals surface area (Å²) < 4.78 is 16.7. The van der Waals surface area contributed by atoms with Gasteiger partial charge in [-0.15, -0.1) is 0 Å². The fraction of sp³-hybridized carbons (Fsp3) is 0.562. The van der Waals surface area contributed by atoms with Crippen LogP contribution in [0.3, 0.4) is 0 Å². The van der Waals surface area contributed by atoms with Gasteiger partial charge in [-0.3, -0.25) is 0 Å². The van der Waals surface area contributed by atoms with Gasteiger partial charge >= 0.3 is 5.97 Å². The highest BCUT2D eigenvalue weighted by Crippen LogP contribution is 2.38. The molecule has 1 aliphatic rings. The molecule has 0 aliphatic heterocycles. The molecule has 5 nitrogen and oxygen atoms in total. The molecule has 1 atom stereocenters. The van der Waals surface area contributed by atoms with Gasteiger partial charge in [-0.1, -0.05) is 15.9 Å². The monoisotopic (exact) mass is 372 g/mol. The zero-order chi connectivity index (χ0) is 16.1. The van der Waals surface area contributed by atoms with Gasteiger partial charge in [-0.2, -0.15) is 0 Å². The molecule has 1 aromatic carbocycles. The van der Waals surface area contributed by atoms with Gasteiger partial charge in [0.25, 0.3) is 0 Å². The van der Waals surface area contributed by atoms with Crippen LogP contribution < -0.4 is 9.47 Å². The van der Waals surface area contributed by atoms with E-state index in [0.717, 1.165) is 12.8 Å². The Balaban J connectivity index is 2.24. The number of hydrogen-bond donors (Lipinski definition) is 1. The Bertz CT molecular complexity index is 526. The number of aliphatic hydroxyl groups is 1. The third kappa shape index (κ3) is 3.93. The lowest BCUT2D eigenvalue weighted by Gasteiger charge is -2.19. The van der Waals surface area contributed by atoms with Crippen LogP contribution in [0, 0.1) is 0 Å². The molecule has 0 aromatic heterocycles. The fourth-order valence-electron chi connectivity index (χ4n) is 2.55. The van der Waals surface area contributed by atoms with Crippen LogP contribution in [0.15, 0.2) is 16.6 Å². The lowest BCUT2D eigenvalue weighted by molar-refractivity contribution is -0.153. The molecular formula is C16H21BrO5. The molecule has 1 saturated carbocycles. The Morgan fingerprint density at radius 2 is 2.05 bits per heavy atom. The van der Waals surface area contributed by atoms with Crippen molar-refractivity contribution in [3.05, 3.63) is 22.2 Å². The van der Waals surface area contributed by atoms with E-state index in [9.17, 15) is 9.90 Å². The van der Waals surface area contributed by atoms with Crippen LogP contribution in [0.2, 0.25) is 0 Å². The summed E-state index contributed by atoms with van der Waals surface area (Å²) in [5.41, 5.74) is 0.397. The number of ether oxygens (including phenoxy) is 3. The first-order valence-electron chi connectivity index (χ1n) is 7.45. The molecule has 122 valence electrons. The molecule has 1 N–H and O–H groups in total. The predicted octanol–water partition coefficient (Wildman–Crippen LogP) is 3.38. The Labute approximate surface area is 138 Å². The van der Waals surface area contributed by atoms with Crippen LogP contribution in [-0.4, -0.2) is 30.9 Å². The van der Waals surface area contributed by atoms with Crippen LogP contribution in [0.1, 0.15) is 44.3 Å². The summed E-state index contributed by atoms with van der Waals surface area (Å²) in [7, 11) is 1.53. The summed E-state index contributed by atoms with van der Waals surface area (Å²) in [4.78, 5) is 11.7. The van der Waals surface area contributed by atoms with Gasteiger partial charge in [0, 0.05) is 10.0 Å². The Hall–Kier alpha value is -1.27. The second-order valence-corrected chi connectivity index (χ2v) is 6.06. The van der Waals surface area contributed by atoms with E-state index in [-0.39, 0.29) is 12.7 Å². The van der Waals surface area contributed by atoms with Gasteiger partial charge in [-0.25, -0.2) is 4.79 Å². The van der Waals surface area contributed by atoms with E-state index < -0.39 is 12.1 Å². The number of rotatable bonds is 6. The highest BCUT2D eigenvalue weighted by molar-refractivity contribution is 9.10. The lowest BCUT2D eigenvalue weighted by Crippen LogP contribution is -2.16. The van der Waals surface area contributed by atoms with Crippen LogP contribution in [0.4, 0.5) is 0 Å². The molecule has 0 radical (unpaired) electrons. The molecule has 0 heterocycles. The Kier molecular flexibility index (Phi) is 6.08. The molecule has 1 unspecified atom stereocenters. The number of halogens is 1. The molecule has 22 heavy (non-hydrogen) atoms. The smallest absolute Gasteiger partial charge is 0.339 e. The van der Waals surface area contributed by atoms with E-state index in [1.807, 2.05) is 0 Å². The van der Waals surface area contributed by atoms with E-state index in [1.54, 1.807) is 19.1 Å². The number of methoxy groups -OCH3 is 1. The van der Waals surface area contributed by atoms with Crippen LogP contribution in [0.25, 0.3) is 0 Å². The fourth-order valence-corrected chi connectivity index (χ4v) is 3.09. The number of hydrogen-bond acceptors (Lipinski definition) is 5. The van der Waals surface area contributed by atoms with Gasteiger partial charge < -0.3 is 19.3 Å². The van der Waals surface area contributed by atoms with Gasteiger partial charge in [0.05, 0.1) is 19.8 Å². The molecule has 0 saturated heterocycles. The zero-order valence-electron chi connectivity index (χ0n) is 12.8. The van der Waals surface area contributed by atoms with Crippen molar-refractivity contribution >= 4 is 21.9 Å². The van der Waals surface area contributed by atoms with Gasteiger partial charge in [-0.05, 0) is 44.7 Å². The van der Waals surface area contributed by atoms with Crippen molar-refractivity contribution in [2.24, 2.45) is 0 Å². The minimum Gasteiger partial charge on any atom is -0.493 e. The lowest BCUT2D eigenvalue weighted by atomic mass is 10.1. The number of esters is 1. The van der Waals surface area contributed by atoms with Crippen LogP contribution in [-0.2, 0) is 9.53 Å². The summed E-state index contributed by atoms with van der Waals surface area (Å²) in [6, 6.07) is 3.34. The first-order chi connectivity index (χ1) is 10.6. The summed E-state index contributed by atoms with van der Waals surface area (Å²) in [5.74, 6) is 0.421. The topological polar surface area (TPSA) is 65.0 Å². The average Bonchev–Trinajstić information content (AvgIpc) is 3.00. The maximum atomic E-state index is 11.7. The Morgan fingerprint density at radius 1 is 1.36 bits per heavy atom. The number of benzene rings is 1. The van der Waals surface area contributed by atoms with Gasteiger partial charge in [0.2, 0.25) is 0 Å². The van der Waals surface area contributed by atoms with Crippen molar-refractivity contribution in [3.63, 3.8) is 0 Å². The third-order valence-corrected chi connectivity index (χ3v) is 4.37. The quantitative estimate of drug-likeness (QED) is 0.775. The van der Waals surface area contributed by atoms with Crippen molar-refractivity contribution in [3.8, 4) is 11.5 Å². The largest absolute Gasteiger partial charge is 0.493 e. The normalized spacial score (nSPS) is 16.4. The highest BCUT2D eigenvalue weighted by Gasteiger charge is 2.25.